The van der Waals surface area contributed by atoms with Gasteiger partial charge in [-0.25, -0.2) is 4.98 Å². The third-order valence-electron chi connectivity index (χ3n) is 5.51. The first-order chi connectivity index (χ1) is 12.8. The second-order valence-corrected chi connectivity index (χ2v) is 8.37. The Morgan fingerprint density at radius 3 is 2.44 bits per heavy atom. The SMILES string of the molecule is Cc1nccn1CC1CCN(C(=O)c2ccc(CCC(C)(C)O)cc2)CC1. The summed E-state index contributed by atoms with van der Waals surface area (Å²) in [5, 5.41) is 9.84. The molecule has 0 aliphatic carbocycles. The minimum Gasteiger partial charge on any atom is -0.390 e. The largest absolute Gasteiger partial charge is 0.390 e. The number of likely N-dealkylation sites (tertiary alicyclic amines) is 1. The van der Waals surface area contributed by atoms with Crippen molar-refractivity contribution in [1.29, 1.82) is 0 Å². The molecule has 0 radical (unpaired) electrons. The number of carbonyl (C=O) groups excluding carboxylic acids is 1. The van der Waals surface area contributed by atoms with E-state index in [4.69, 9.17) is 0 Å². The Bertz CT molecular complexity index is 751. The van der Waals surface area contributed by atoms with Gasteiger partial charge in [0.1, 0.15) is 5.82 Å². The van der Waals surface area contributed by atoms with E-state index in [2.05, 4.69) is 9.55 Å². The van der Waals surface area contributed by atoms with Gasteiger partial charge in [0.15, 0.2) is 0 Å². The summed E-state index contributed by atoms with van der Waals surface area (Å²) >= 11 is 0. The Kier molecular flexibility index (Phi) is 6.00. The van der Waals surface area contributed by atoms with Crippen molar-refractivity contribution in [2.24, 2.45) is 5.92 Å². The van der Waals surface area contributed by atoms with Gasteiger partial charge in [0.05, 0.1) is 5.60 Å². The molecule has 0 saturated carbocycles. The zero-order valence-electron chi connectivity index (χ0n) is 16.7. The van der Waals surface area contributed by atoms with Gasteiger partial charge >= 0.3 is 0 Å². The third-order valence-corrected chi connectivity index (χ3v) is 5.51. The predicted molar refractivity (Wildman–Crippen MR) is 107 cm³/mol. The summed E-state index contributed by atoms with van der Waals surface area (Å²) in [5.74, 6) is 1.78. The van der Waals surface area contributed by atoms with Crippen LogP contribution in [0.1, 0.15) is 54.9 Å². The van der Waals surface area contributed by atoms with Crippen LogP contribution in [0.4, 0.5) is 0 Å². The molecule has 1 fully saturated rings. The molecule has 1 aromatic carbocycles. The lowest BCUT2D eigenvalue weighted by molar-refractivity contribution is 0.0679. The van der Waals surface area contributed by atoms with E-state index < -0.39 is 5.60 Å². The van der Waals surface area contributed by atoms with E-state index in [1.807, 2.05) is 62.3 Å². The minimum absolute atomic E-state index is 0.126. The highest BCUT2D eigenvalue weighted by atomic mass is 16.3. The molecular formula is C22H31N3O2. The normalized spacial score (nSPS) is 15.9. The van der Waals surface area contributed by atoms with Crippen LogP contribution in [-0.2, 0) is 13.0 Å². The molecule has 1 saturated heterocycles. The second-order valence-electron chi connectivity index (χ2n) is 8.37. The van der Waals surface area contributed by atoms with Crippen molar-refractivity contribution in [3.8, 4) is 0 Å². The molecule has 5 heteroatoms. The van der Waals surface area contributed by atoms with E-state index in [1.54, 1.807) is 0 Å². The highest BCUT2D eigenvalue weighted by Gasteiger charge is 2.24. The molecule has 27 heavy (non-hydrogen) atoms. The van der Waals surface area contributed by atoms with Gasteiger partial charge in [-0.15, -0.1) is 0 Å². The standard InChI is InChI=1S/C22H31N3O2/c1-17-23-12-15-25(17)16-19-9-13-24(14-10-19)21(26)20-6-4-18(5-7-20)8-11-22(2,3)27/h4-7,12,15,19,27H,8-11,13-14,16H2,1-3H3. The van der Waals surface area contributed by atoms with Crippen molar-refractivity contribution >= 4 is 5.91 Å². The van der Waals surface area contributed by atoms with Crippen molar-refractivity contribution in [3.05, 3.63) is 53.6 Å². The number of piperidine rings is 1. The van der Waals surface area contributed by atoms with E-state index >= 15 is 0 Å². The molecule has 146 valence electrons. The summed E-state index contributed by atoms with van der Waals surface area (Å²) in [6.07, 6.45) is 7.48. The first kappa shape index (κ1) is 19.6. The van der Waals surface area contributed by atoms with Crippen molar-refractivity contribution in [2.75, 3.05) is 13.1 Å². The van der Waals surface area contributed by atoms with Crippen LogP contribution < -0.4 is 0 Å². The number of amides is 1. The first-order valence-electron chi connectivity index (χ1n) is 9.90. The zero-order valence-corrected chi connectivity index (χ0v) is 16.7. The molecule has 1 aromatic heterocycles. The van der Waals surface area contributed by atoms with E-state index in [0.717, 1.165) is 55.8 Å². The van der Waals surface area contributed by atoms with Gasteiger partial charge in [-0.1, -0.05) is 12.1 Å². The number of aromatic nitrogens is 2. The monoisotopic (exact) mass is 369 g/mol. The number of imidazole rings is 1. The Labute approximate surface area is 162 Å². The first-order valence-corrected chi connectivity index (χ1v) is 9.90. The Hall–Kier alpha value is -2.14. The Morgan fingerprint density at radius 2 is 1.89 bits per heavy atom. The summed E-state index contributed by atoms with van der Waals surface area (Å²) in [5.41, 5.74) is 1.25. The molecule has 1 N–H and O–H groups in total. The quantitative estimate of drug-likeness (QED) is 0.848. The lowest BCUT2D eigenvalue weighted by Gasteiger charge is -2.32. The van der Waals surface area contributed by atoms with Crippen LogP contribution >= 0.6 is 0 Å². The molecule has 1 aliphatic heterocycles. The van der Waals surface area contributed by atoms with Crippen LogP contribution in [0.5, 0.6) is 0 Å². The molecule has 0 bridgehead atoms. The average molecular weight is 370 g/mol. The van der Waals surface area contributed by atoms with E-state index in [9.17, 15) is 9.90 Å². The van der Waals surface area contributed by atoms with Crippen LogP contribution in [-0.4, -0.2) is 44.2 Å². The number of carbonyl (C=O) groups is 1. The average Bonchev–Trinajstić information content (AvgIpc) is 3.04. The summed E-state index contributed by atoms with van der Waals surface area (Å²) in [7, 11) is 0. The van der Waals surface area contributed by atoms with Crippen molar-refractivity contribution < 1.29 is 9.90 Å². The van der Waals surface area contributed by atoms with Gasteiger partial charge in [-0.2, -0.15) is 0 Å². The topological polar surface area (TPSA) is 58.4 Å². The van der Waals surface area contributed by atoms with Crippen LogP contribution in [0.25, 0.3) is 0 Å². The van der Waals surface area contributed by atoms with Gasteiger partial charge < -0.3 is 14.6 Å². The molecule has 2 heterocycles. The zero-order chi connectivity index (χ0) is 19.4. The fourth-order valence-corrected chi connectivity index (χ4v) is 3.64. The van der Waals surface area contributed by atoms with Gasteiger partial charge in [0, 0.05) is 37.6 Å². The third kappa shape index (κ3) is 5.42. The second kappa shape index (κ2) is 8.26. The van der Waals surface area contributed by atoms with Crippen LogP contribution in [0.2, 0.25) is 0 Å². The van der Waals surface area contributed by atoms with Crippen LogP contribution in [0, 0.1) is 12.8 Å². The van der Waals surface area contributed by atoms with Gasteiger partial charge in [0.25, 0.3) is 5.91 Å². The summed E-state index contributed by atoms with van der Waals surface area (Å²) < 4.78 is 2.20. The Morgan fingerprint density at radius 1 is 1.22 bits per heavy atom. The molecule has 1 amide bonds. The molecule has 0 unspecified atom stereocenters. The number of benzene rings is 1. The smallest absolute Gasteiger partial charge is 0.253 e. The lowest BCUT2D eigenvalue weighted by atomic mass is 9.95. The molecular weight excluding hydrogens is 338 g/mol. The van der Waals surface area contributed by atoms with E-state index in [-0.39, 0.29) is 5.91 Å². The fraction of sp³-hybridized carbons (Fsp3) is 0.545. The molecule has 1 aliphatic rings. The maximum absolute atomic E-state index is 12.8. The molecule has 5 nitrogen and oxygen atoms in total. The maximum atomic E-state index is 12.8. The minimum atomic E-state index is -0.659. The number of hydrogen-bond acceptors (Lipinski definition) is 3. The number of aliphatic hydroxyl groups is 1. The molecule has 3 rings (SSSR count). The molecule has 2 aromatic rings. The van der Waals surface area contributed by atoms with Crippen molar-refractivity contribution in [1.82, 2.24) is 14.5 Å². The maximum Gasteiger partial charge on any atom is 0.253 e. The molecule has 0 spiro atoms. The number of hydrogen-bond donors (Lipinski definition) is 1. The number of nitrogens with zero attached hydrogens (tertiary/aromatic N) is 3. The lowest BCUT2D eigenvalue weighted by Crippen LogP contribution is -2.39. The summed E-state index contributed by atoms with van der Waals surface area (Å²) in [6.45, 7) is 8.30. The summed E-state index contributed by atoms with van der Waals surface area (Å²) in [6, 6.07) is 7.85. The van der Waals surface area contributed by atoms with Gasteiger partial charge in [0.2, 0.25) is 0 Å². The predicted octanol–water partition coefficient (Wildman–Crippen LogP) is 3.45. The van der Waals surface area contributed by atoms with Crippen molar-refractivity contribution in [2.45, 2.75) is 58.6 Å². The van der Waals surface area contributed by atoms with Crippen LogP contribution in [0.15, 0.2) is 36.7 Å². The van der Waals surface area contributed by atoms with E-state index in [0.29, 0.717) is 12.3 Å². The fourth-order valence-electron chi connectivity index (χ4n) is 3.64. The highest BCUT2D eigenvalue weighted by Crippen LogP contribution is 2.22. The number of rotatable bonds is 6. The van der Waals surface area contributed by atoms with Crippen LogP contribution in [0.3, 0.4) is 0 Å². The highest BCUT2D eigenvalue weighted by molar-refractivity contribution is 5.94. The Balaban J connectivity index is 1.51. The van der Waals surface area contributed by atoms with Crippen molar-refractivity contribution in [3.63, 3.8) is 0 Å². The van der Waals surface area contributed by atoms with Gasteiger partial charge in [-0.3, -0.25) is 4.79 Å². The summed E-state index contributed by atoms with van der Waals surface area (Å²) in [4.78, 5) is 19.0. The molecule has 0 atom stereocenters. The van der Waals surface area contributed by atoms with E-state index in [1.165, 1.54) is 0 Å². The number of aryl methyl sites for hydroxylation is 2. The van der Waals surface area contributed by atoms with Gasteiger partial charge in [-0.05, 0) is 70.1 Å².